The van der Waals surface area contributed by atoms with Gasteiger partial charge in [0, 0.05) is 6.07 Å². The molecule has 1 aromatic heterocycles. The van der Waals surface area contributed by atoms with Crippen molar-refractivity contribution in [2.75, 3.05) is 7.11 Å². The fourth-order valence-corrected chi connectivity index (χ4v) is 1.67. The van der Waals surface area contributed by atoms with Gasteiger partial charge in [0.2, 0.25) is 5.89 Å². The molecule has 0 spiro atoms. The number of hydrogen-bond acceptors (Lipinski definition) is 3. The molecule has 0 saturated heterocycles. The van der Waals surface area contributed by atoms with Gasteiger partial charge in [0.25, 0.3) is 0 Å². The molecule has 0 amide bonds. The molecule has 1 heterocycles. The van der Waals surface area contributed by atoms with Gasteiger partial charge in [-0.3, -0.25) is 0 Å². The zero-order chi connectivity index (χ0) is 12.4. The van der Waals surface area contributed by atoms with Crippen molar-refractivity contribution in [2.24, 2.45) is 0 Å². The third-order valence-corrected chi connectivity index (χ3v) is 2.63. The summed E-state index contributed by atoms with van der Waals surface area (Å²) in [4.78, 5) is 4.27. The molecule has 0 aliphatic rings. The zero-order valence-electron chi connectivity index (χ0n) is 10.1. The van der Waals surface area contributed by atoms with E-state index in [9.17, 15) is 4.39 Å². The lowest BCUT2D eigenvalue weighted by Gasteiger charge is -2.02. The summed E-state index contributed by atoms with van der Waals surface area (Å²) in [6.07, 6.45) is 0.771. The van der Waals surface area contributed by atoms with E-state index in [-0.39, 0.29) is 0 Å². The highest BCUT2D eigenvalue weighted by Gasteiger charge is 2.14. The average molecular weight is 235 g/mol. The minimum absolute atomic E-state index is 0.319. The molecule has 3 nitrogen and oxygen atoms in total. The van der Waals surface area contributed by atoms with Gasteiger partial charge in [0.1, 0.15) is 17.3 Å². The molecule has 0 radical (unpaired) electrons. The van der Waals surface area contributed by atoms with Crippen LogP contribution in [0.4, 0.5) is 4.39 Å². The number of aromatic nitrogens is 1. The maximum Gasteiger partial charge on any atom is 0.229 e. The van der Waals surface area contributed by atoms with Crippen LogP contribution >= 0.6 is 0 Å². The number of nitrogens with zero attached hydrogens (tertiary/aromatic N) is 1. The summed E-state index contributed by atoms with van der Waals surface area (Å²) in [5, 5.41) is 0. The van der Waals surface area contributed by atoms with Crippen molar-refractivity contribution in [1.82, 2.24) is 4.98 Å². The molecule has 0 unspecified atom stereocenters. The van der Waals surface area contributed by atoms with Gasteiger partial charge in [-0.05, 0) is 25.5 Å². The Bertz CT molecular complexity index is 534. The number of halogens is 1. The Morgan fingerprint density at radius 1 is 1.41 bits per heavy atom. The second kappa shape index (κ2) is 4.57. The van der Waals surface area contributed by atoms with Crippen LogP contribution in [0, 0.1) is 12.7 Å². The number of ether oxygens (including phenoxy) is 1. The molecule has 2 aromatic rings. The lowest BCUT2D eigenvalue weighted by molar-refractivity contribution is 0.411. The highest BCUT2D eigenvalue weighted by Crippen LogP contribution is 2.27. The minimum Gasteiger partial charge on any atom is -0.497 e. The van der Waals surface area contributed by atoms with Crippen molar-refractivity contribution < 1.29 is 13.5 Å². The van der Waals surface area contributed by atoms with E-state index in [0.29, 0.717) is 17.2 Å². The van der Waals surface area contributed by atoms with Crippen LogP contribution < -0.4 is 4.74 Å². The Hall–Kier alpha value is -1.84. The third-order valence-electron chi connectivity index (χ3n) is 2.63. The summed E-state index contributed by atoms with van der Waals surface area (Å²) in [5.74, 6) is 1.13. The van der Waals surface area contributed by atoms with Crippen LogP contribution in [0.25, 0.3) is 11.5 Å². The van der Waals surface area contributed by atoms with Crippen molar-refractivity contribution in [3.63, 3.8) is 0 Å². The van der Waals surface area contributed by atoms with E-state index in [0.717, 1.165) is 17.9 Å². The SMILES string of the molecule is CCc1nc(-c2ccc(OC)cc2F)oc1C. The van der Waals surface area contributed by atoms with Crippen molar-refractivity contribution in [1.29, 1.82) is 0 Å². The van der Waals surface area contributed by atoms with Gasteiger partial charge in [0.05, 0.1) is 18.4 Å². The minimum atomic E-state index is -0.395. The standard InChI is InChI=1S/C13H14FNO2/c1-4-12-8(2)17-13(15-12)10-6-5-9(16-3)7-11(10)14/h5-7H,4H2,1-3H3. The summed E-state index contributed by atoms with van der Waals surface area (Å²) in [7, 11) is 1.50. The van der Waals surface area contributed by atoms with Crippen LogP contribution in [-0.4, -0.2) is 12.1 Å². The highest BCUT2D eigenvalue weighted by molar-refractivity contribution is 5.56. The van der Waals surface area contributed by atoms with Gasteiger partial charge in [-0.25, -0.2) is 9.37 Å². The molecular weight excluding hydrogens is 221 g/mol. The lowest BCUT2D eigenvalue weighted by Crippen LogP contribution is -1.88. The van der Waals surface area contributed by atoms with E-state index in [1.165, 1.54) is 13.2 Å². The summed E-state index contributed by atoms with van der Waals surface area (Å²) in [5.41, 5.74) is 1.21. The van der Waals surface area contributed by atoms with Crippen molar-refractivity contribution in [3.05, 3.63) is 35.5 Å². The number of oxazole rings is 1. The van der Waals surface area contributed by atoms with Gasteiger partial charge in [0.15, 0.2) is 0 Å². The predicted molar refractivity (Wildman–Crippen MR) is 62.6 cm³/mol. The Kier molecular flexibility index (Phi) is 3.13. The van der Waals surface area contributed by atoms with Crippen LogP contribution in [0.1, 0.15) is 18.4 Å². The quantitative estimate of drug-likeness (QED) is 0.818. The maximum absolute atomic E-state index is 13.8. The second-order valence-corrected chi connectivity index (χ2v) is 3.72. The van der Waals surface area contributed by atoms with Crippen molar-refractivity contribution >= 4 is 0 Å². The van der Waals surface area contributed by atoms with Crippen LogP contribution in [0.3, 0.4) is 0 Å². The van der Waals surface area contributed by atoms with E-state index in [1.807, 2.05) is 13.8 Å². The Labute approximate surface area is 99.2 Å². The summed E-state index contributed by atoms with van der Waals surface area (Å²) in [6.45, 7) is 3.82. The number of hydrogen-bond donors (Lipinski definition) is 0. The van der Waals surface area contributed by atoms with Crippen molar-refractivity contribution in [2.45, 2.75) is 20.3 Å². The molecule has 90 valence electrons. The number of rotatable bonds is 3. The first-order valence-corrected chi connectivity index (χ1v) is 5.46. The number of aryl methyl sites for hydroxylation is 2. The predicted octanol–water partition coefficient (Wildman–Crippen LogP) is 3.36. The molecule has 0 atom stereocenters. The average Bonchev–Trinajstić information content (AvgIpc) is 2.70. The fourth-order valence-electron chi connectivity index (χ4n) is 1.67. The van der Waals surface area contributed by atoms with Crippen LogP contribution in [0.2, 0.25) is 0 Å². The van der Waals surface area contributed by atoms with Gasteiger partial charge in [-0.1, -0.05) is 6.92 Å². The second-order valence-electron chi connectivity index (χ2n) is 3.72. The van der Waals surface area contributed by atoms with Crippen molar-refractivity contribution in [3.8, 4) is 17.2 Å². The molecule has 0 saturated carbocycles. The third kappa shape index (κ3) is 2.16. The van der Waals surface area contributed by atoms with E-state index < -0.39 is 5.82 Å². The molecule has 1 aromatic carbocycles. The molecule has 4 heteroatoms. The Balaban J connectivity index is 2.45. The van der Waals surface area contributed by atoms with Gasteiger partial charge in [-0.15, -0.1) is 0 Å². The molecule has 0 N–H and O–H groups in total. The first kappa shape index (κ1) is 11.6. The maximum atomic E-state index is 13.8. The Morgan fingerprint density at radius 3 is 2.71 bits per heavy atom. The number of benzene rings is 1. The van der Waals surface area contributed by atoms with E-state index >= 15 is 0 Å². The van der Waals surface area contributed by atoms with Crippen LogP contribution in [-0.2, 0) is 6.42 Å². The monoisotopic (exact) mass is 235 g/mol. The molecule has 0 bridgehead atoms. The smallest absolute Gasteiger partial charge is 0.229 e. The zero-order valence-corrected chi connectivity index (χ0v) is 10.1. The normalized spacial score (nSPS) is 10.6. The first-order valence-electron chi connectivity index (χ1n) is 5.46. The van der Waals surface area contributed by atoms with Gasteiger partial charge < -0.3 is 9.15 Å². The summed E-state index contributed by atoms with van der Waals surface area (Å²) in [6, 6.07) is 4.61. The lowest BCUT2D eigenvalue weighted by atomic mass is 10.2. The molecule has 0 aliphatic heterocycles. The fraction of sp³-hybridized carbons (Fsp3) is 0.308. The van der Waals surface area contributed by atoms with Gasteiger partial charge >= 0.3 is 0 Å². The van der Waals surface area contributed by atoms with E-state index in [2.05, 4.69) is 4.98 Å². The molecule has 0 fully saturated rings. The van der Waals surface area contributed by atoms with E-state index in [4.69, 9.17) is 9.15 Å². The van der Waals surface area contributed by atoms with Crippen LogP contribution in [0.15, 0.2) is 22.6 Å². The first-order chi connectivity index (χ1) is 8.15. The summed E-state index contributed by atoms with van der Waals surface area (Å²) < 4.78 is 24.2. The topological polar surface area (TPSA) is 35.3 Å². The highest BCUT2D eigenvalue weighted by atomic mass is 19.1. The summed E-state index contributed by atoms with van der Waals surface area (Å²) >= 11 is 0. The van der Waals surface area contributed by atoms with Crippen LogP contribution in [0.5, 0.6) is 5.75 Å². The van der Waals surface area contributed by atoms with Gasteiger partial charge in [-0.2, -0.15) is 0 Å². The Morgan fingerprint density at radius 2 is 2.18 bits per heavy atom. The molecular formula is C13H14FNO2. The number of methoxy groups -OCH3 is 1. The van der Waals surface area contributed by atoms with E-state index in [1.54, 1.807) is 12.1 Å². The largest absolute Gasteiger partial charge is 0.497 e. The molecule has 2 rings (SSSR count). The molecule has 0 aliphatic carbocycles. The molecule has 17 heavy (non-hydrogen) atoms.